The van der Waals surface area contributed by atoms with E-state index in [1.54, 1.807) is 0 Å². The Morgan fingerprint density at radius 2 is 2.06 bits per heavy atom. The summed E-state index contributed by atoms with van der Waals surface area (Å²) in [5.41, 5.74) is -0.125. The maximum absolute atomic E-state index is 11.7. The molecule has 1 N–H and O–H groups in total. The van der Waals surface area contributed by atoms with Crippen LogP contribution in [0.15, 0.2) is 0 Å². The van der Waals surface area contributed by atoms with Gasteiger partial charge in [0.2, 0.25) is 11.4 Å². The zero-order valence-corrected chi connectivity index (χ0v) is 10.8. The maximum atomic E-state index is 11.7. The molecule has 0 aliphatic carbocycles. The second-order valence-electron chi connectivity index (χ2n) is 4.74. The van der Waals surface area contributed by atoms with Gasteiger partial charge in [-0.1, -0.05) is 20.8 Å². The van der Waals surface area contributed by atoms with E-state index in [4.69, 9.17) is 9.47 Å². The first-order valence-corrected chi connectivity index (χ1v) is 6.12. The van der Waals surface area contributed by atoms with E-state index >= 15 is 0 Å². The van der Waals surface area contributed by atoms with Crippen LogP contribution in [-0.2, 0) is 19.7 Å². The minimum absolute atomic E-state index is 0.125. The molecule has 1 aromatic rings. The number of anilines is 1. The average Bonchev–Trinajstić information content (AvgIpc) is 2.85. The summed E-state index contributed by atoms with van der Waals surface area (Å²) in [5, 5.41) is 3.10. The van der Waals surface area contributed by atoms with Gasteiger partial charge in [0.25, 0.3) is 5.91 Å². The smallest absolute Gasteiger partial charge is 0.283 e. The molecule has 0 bridgehead atoms. The lowest BCUT2D eigenvalue weighted by Gasteiger charge is -2.12. The van der Waals surface area contributed by atoms with Crippen molar-refractivity contribution < 1.29 is 14.3 Å². The Hall–Kier alpha value is -1.05. The van der Waals surface area contributed by atoms with Crippen LogP contribution in [-0.4, -0.2) is 34.8 Å². The minimum atomic E-state index is -0.822. The topological polar surface area (TPSA) is 73.3 Å². The standard InChI is InChI=1S/C10H15N3O3S/c1-10(2,3)8-12-9(17-13-8)11-6(14)7-15-4-5-16-7/h7H,4-5H2,1-3H3,(H,11,12,13,14). The molecule has 0 aromatic carbocycles. The minimum Gasteiger partial charge on any atom is -0.342 e. The fraction of sp³-hybridized carbons (Fsp3) is 0.700. The Bertz CT molecular complexity index is 407. The van der Waals surface area contributed by atoms with Gasteiger partial charge in [-0.2, -0.15) is 4.37 Å². The van der Waals surface area contributed by atoms with Gasteiger partial charge in [-0.25, -0.2) is 4.98 Å². The molecule has 1 fully saturated rings. The van der Waals surface area contributed by atoms with Crippen LogP contribution in [0.1, 0.15) is 26.6 Å². The number of nitrogens with one attached hydrogen (secondary N) is 1. The highest BCUT2D eigenvalue weighted by Crippen LogP contribution is 2.23. The molecular weight excluding hydrogens is 242 g/mol. The molecule has 2 rings (SSSR count). The first-order valence-electron chi connectivity index (χ1n) is 5.35. The van der Waals surface area contributed by atoms with Crippen molar-refractivity contribution in [2.24, 2.45) is 0 Å². The van der Waals surface area contributed by atoms with Crippen LogP contribution < -0.4 is 5.32 Å². The summed E-state index contributed by atoms with van der Waals surface area (Å²) in [5.74, 6) is 0.380. The van der Waals surface area contributed by atoms with Crippen LogP contribution in [0, 0.1) is 0 Å². The molecule has 0 radical (unpaired) electrons. The van der Waals surface area contributed by atoms with Gasteiger partial charge in [0.05, 0.1) is 13.2 Å². The first kappa shape index (κ1) is 12.4. The summed E-state index contributed by atoms with van der Waals surface area (Å²) < 4.78 is 14.4. The molecule has 1 aromatic heterocycles. The highest BCUT2D eigenvalue weighted by Gasteiger charge is 2.26. The van der Waals surface area contributed by atoms with Crippen molar-refractivity contribution in [2.75, 3.05) is 18.5 Å². The second-order valence-corrected chi connectivity index (χ2v) is 5.49. The predicted molar refractivity (Wildman–Crippen MR) is 62.9 cm³/mol. The predicted octanol–water partition coefficient (Wildman–Crippen LogP) is 1.15. The molecule has 2 heterocycles. The van der Waals surface area contributed by atoms with Crippen LogP contribution in [0.25, 0.3) is 0 Å². The number of ether oxygens (including phenoxy) is 2. The highest BCUT2D eigenvalue weighted by molar-refractivity contribution is 7.09. The molecule has 1 saturated heterocycles. The molecule has 0 spiro atoms. The first-order chi connectivity index (χ1) is 7.97. The SMILES string of the molecule is CC(C)(C)c1nsc(NC(=O)C2OCCO2)n1. The summed E-state index contributed by atoms with van der Waals surface area (Å²) in [6.07, 6.45) is -0.822. The lowest BCUT2D eigenvalue weighted by molar-refractivity contribution is -0.140. The summed E-state index contributed by atoms with van der Waals surface area (Å²) >= 11 is 1.16. The van der Waals surface area contributed by atoms with Crippen LogP contribution in [0.4, 0.5) is 5.13 Å². The molecule has 1 aliphatic heterocycles. The van der Waals surface area contributed by atoms with Gasteiger partial charge in [0.15, 0.2) is 0 Å². The molecule has 94 valence electrons. The number of carbonyl (C=O) groups excluding carboxylic acids is 1. The number of hydrogen-bond acceptors (Lipinski definition) is 6. The van der Waals surface area contributed by atoms with Gasteiger partial charge in [-0.05, 0) is 0 Å². The molecule has 1 amide bonds. The molecule has 0 atom stereocenters. The molecule has 0 unspecified atom stereocenters. The Labute approximate surface area is 104 Å². The lowest BCUT2D eigenvalue weighted by atomic mass is 9.96. The zero-order chi connectivity index (χ0) is 12.5. The summed E-state index contributed by atoms with van der Waals surface area (Å²) in [6, 6.07) is 0. The largest absolute Gasteiger partial charge is 0.342 e. The van der Waals surface area contributed by atoms with E-state index in [1.807, 2.05) is 20.8 Å². The van der Waals surface area contributed by atoms with Crippen LogP contribution in [0.2, 0.25) is 0 Å². The van der Waals surface area contributed by atoms with Crippen molar-refractivity contribution in [3.63, 3.8) is 0 Å². The number of aromatic nitrogens is 2. The Kier molecular flexibility index (Phi) is 3.41. The van der Waals surface area contributed by atoms with E-state index in [0.717, 1.165) is 11.5 Å². The van der Waals surface area contributed by atoms with Crippen LogP contribution in [0.5, 0.6) is 0 Å². The number of carbonyl (C=O) groups is 1. The Morgan fingerprint density at radius 3 is 2.59 bits per heavy atom. The third kappa shape index (κ3) is 2.99. The van der Waals surface area contributed by atoms with Crippen molar-refractivity contribution in [3.8, 4) is 0 Å². The Balaban J connectivity index is 1.99. The fourth-order valence-corrected chi connectivity index (χ4v) is 2.01. The normalized spacial score (nSPS) is 17.4. The van der Waals surface area contributed by atoms with Crippen molar-refractivity contribution in [1.82, 2.24) is 9.36 Å². The van der Waals surface area contributed by atoms with Crippen molar-refractivity contribution in [2.45, 2.75) is 32.5 Å². The number of hydrogen-bond donors (Lipinski definition) is 1. The lowest BCUT2D eigenvalue weighted by Crippen LogP contribution is -2.28. The van der Waals surface area contributed by atoms with Gasteiger partial charge in [0, 0.05) is 16.9 Å². The molecule has 1 aliphatic rings. The number of amides is 1. The van der Waals surface area contributed by atoms with E-state index in [-0.39, 0.29) is 11.3 Å². The van der Waals surface area contributed by atoms with Crippen molar-refractivity contribution in [3.05, 3.63) is 5.82 Å². The third-order valence-corrected chi connectivity index (χ3v) is 2.79. The van der Waals surface area contributed by atoms with E-state index in [1.165, 1.54) is 0 Å². The van der Waals surface area contributed by atoms with Crippen LogP contribution in [0.3, 0.4) is 0 Å². The van der Waals surface area contributed by atoms with Gasteiger partial charge in [0.1, 0.15) is 5.82 Å². The molecule has 17 heavy (non-hydrogen) atoms. The average molecular weight is 257 g/mol. The summed E-state index contributed by atoms with van der Waals surface area (Å²) in [7, 11) is 0. The van der Waals surface area contributed by atoms with E-state index < -0.39 is 6.29 Å². The number of rotatable bonds is 2. The van der Waals surface area contributed by atoms with Crippen LogP contribution >= 0.6 is 11.5 Å². The summed E-state index contributed by atoms with van der Waals surface area (Å²) in [6.45, 7) is 6.94. The van der Waals surface area contributed by atoms with Gasteiger partial charge >= 0.3 is 0 Å². The van der Waals surface area contributed by atoms with Gasteiger partial charge < -0.3 is 9.47 Å². The second kappa shape index (κ2) is 4.67. The molecule has 7 heteroatoms. The van der Waals surface area contributed by atoms with Gasteiger partial charge in [-0.3, -0.25) is 10.1 Å². The molecular formula is C10H15N3O3S. The molecule has 0 saturated carbocycles. The van der Waals surface area contributed by atoms with Gasteiger partial charge in [-0.15, -0.1) is 0 Å². The van der Waals surface area contributed by atoms with Crippen molar-refractivity contribution in [1.29, 1.82) is 0 Å². The zero-order valence-electron chi connectivity index (χ0n) is 10.0. The van der Waals surface area contributed by atoms with E-state index in [9.17, 15) is 4.79 Å². The van der Waals surface area contributed by atoms with E-state index in [0.29, 0.717) is 24.2 Å². The Morgan fingerprint density at radius 1 is 1.41 bits per heavy atom. The quantitative estimate of drug-likeness (QED) is 0.860. The third-order valence-electron chi connectivity index (χ3n) is 2.16. The maximum Gasteiger partial charge on any atom is 0.283 e. The summed E-state index contributed by atoms with van der Waals surface area (Å²) in [4.78, 5) is 15.9. The van der Waals surface area contributed by atoms with Crippen molar-refractivity contribution >= 4 is 22.6 Å². The van der Waals surface area contributed by atoms with E-state index in [2.05, 4.69) is 14.7 Å². The monoisotopic (exact) mass is 257 g/mol. The fourth-order valence-electron chi connectivity index (χ4n) is 1.25. The number of nitrogens with zero attached hydrogens (tertiary/aromatic N) is 2. The molecule has 6 nitrogen and oxygen atoms in total. The highest BCUT2D eigenvalue weighted by atomic mass is 32.1.